The molecule has 1 aliphatic rings. The third kappa shape index (κ3) is 2.74. The van der Waals surface area contributed by atoms with Crippen molar-refractivity contribution >= 4 is 17.0 Å². The van der Waals surface area contributed by atoms with Gasteiger partial charge in [-0.25, -0.2) is 9.97 Å². The molecule has 24 heavy (non-hydrogen) atoms. The fraction of sp³-hybridized carbons (Fsp3) is 0.176. The Morgan fingerprint density at radius 2 is 2.21 bits per heavy atom. The molecule has 3 aromatic heterocycles. The van der Waals surface area contributed by atoms with Gasteiger partial charge in [-0.1, -0.05) is 5.16 Å². The lowest BCUT2D eigenvalue weighted by molar-refractivity contribution is 0.210. The van der Waals surface area contributed by atoms with Crippen LogP contribution in [0.4, 0.5) is 0 Å². The van der Waals surface area contributed by atoms with E-state index in [2.05, 4.69) is 15.1 Å². The van der Waals surface area contributed by atoms with Crippen LogP contribution in [0.1, 0.15) is 12.1 Å². The van der Waals surface area contributed by atoms with E-state index in [4.69, 9.17) is 14.6 Å². The predicted molar refractivity (Wildman–Crippen MR) is 92.2 cm³/mol. The van der Waals surface area contributed by atoms with E-state index in [1.54, 1.807) is 23.7 Å². The number of pyridine rings is 2. The zero-order chi connectivity index (χ0) is 16.4. The van der Waals surface area contributed by atoms with Crippen LogP contribution in [0.25, 0.3) is 21.1 Å². The molecule has 7 heteroatoms. The molecule has 120 valence electrons. The van der Waals surface area contributed by atoms with Gasteiger partial charge in [0.15, 0.2) is 0 Å². The second kappa shape index (κ2) is 6.37. The van der Waals surface area contributed by atoms with Crippen molar-refractivity contribution in [1.82, 2.24) is 15.0 Å². The predicted octanol–water partition coefficient (Wildman–Crippen LogP) is 3.40. The average molecular weight is 338 g/mol. The van der Waals surface area contributed by atoms with Gasteiger partial charge in [-0.2, -0.15) is 0 Å². The Labute approximate surface area is 142 Å². The van der Waals surface area contributed by atoms with Crippen molar-refractivity contribution < 1.29 is 9.57 Å². The molecule has 0 aliphatic carbocycles. The maximum Gasteiger partial charge on any atom is 0.147 e. The van der Waals surface area contributed by atoms with Crippen molar-refractivity contribution in [3.63, 3.8) is 0 Å². The number of fused-ring (bicyclic) bond motifs is 1. The quantitative estimate of drug-likeness (QED) is 0.685. The van der Waals surface area contributed by atoms with Crippen LogP contribution >= 0.6 is 11.3 Å². The van der Waals surface area contributed by atoms with Gasteiger partial charge in [-0.05, 0) is 24.3 Å². The Balaban J connectivity index is 1.72. The summed E-state index contributed by atoms with van der Waals surface area (Å²) in [6, 6.07) is 7.76. The van der Waals surface area contributed by atoms with Gasteiger partial charge in [0.05, 0.1) is 17.2 Å². The SMILES string of the molecule is CON=C1CCOc2ccc(-c3cnc(-c4cccnc4)s3)nc21. The molecule has 0 amide bonds. The molecule has 0 N–H and O–H groups in total. The molecule has 0 spiro atoms. The zero-order valence-electron chi connectivity index (χ0n) is 13.0. The molecule has 0 atom stereocenters. The van der Waals surface area contributed by atoms with Crippen LogP contribution in [-0.2, 0) is 4.84 Å². The highest BCUT2D eigenvalue weighted by molar-refractivity contribution is 7.18. The summed E-state index contributed by atoms with van der Waals surface area (Å²) in [5.74, 6) is 0.734. The number of nitrogens with zero attached hydrogens (tertiary/aromatic N) is 4. The van der Waals surface area contributed by atoms with E-state index in [0.717, 1.165) is 38.3 Å². The summed E-state index contributed by atoms with van der Waals surface area (Å²) >= 11 is 1.58. The molecule has 0 fully saturated rings. The van der Waals surface area contributed by atoms with E-state index in [1.165, 1.54) is 7.11 Å². The largest absolute Gasteiger partial charge is 0.491 e. The summed E-state index contributed by atoms with van der Waals surface area (Å²) in [5.41, 5.74) is 3.38. The van der Waals surface area contributed by atoms with Crippen molar-refractivity contribution in [1.29, 1.82) is 0 Å². The van der Waals surface area contributed by atoms with Gasteiger partial charge in [0.2, 0.25) is 0 Å². The van der Waals surface area contributed by atoms with E-state index in [0.29, 0.717) is 13.0 Å². The van der Waals surface area contributed by atoms with E-state index in [-0.39, 0.29) is 0 Å². The molecular formula is C17H14N4O2S. The monoisotopic (exact) mass is 338 g/mol. The lowest BCUT2D eigenvalue weighted by Crippen LogP contribution is -2.18. The van der Waals surface area contributed by atoms with Crippen molar-refractivity contribution in [2.75, 3.05) is 13.7 Å². The van der Waals surface area contributed by atoms with Crippen molar-refractivity contribution in [3.05, 3.63) is 48.5 Å². The standard InChI is InChI=1S/C17H14N4O2S/c1-22-21-13-6-8-23-14-5-4-12(20-16(13)14)15-10-19-17(24-15)11-3-2-7-18-9-11/h2-5,7,9-10H,6,8H2,1H3. The highest BCUT2D eigenvalue weighted by Crippen LogP contribution is 2.33. The Morgan fingerprint density at radius 1 is 1.25 bits per heavy atom. The van der Waals surface area contributed by atoms with Gasteiger partial charge < -0.3 is 9.57 Å². The summed E-state index contributed by atoms with van der Waals surface area (Å²) in [4.78, 5) is 19.2. The normalized spacial score (nSPS) is 15.0. The lowest BCUT2D eigenvalue weighted by Gasteiger charge is -2.17. The van der Waals surface area contributed by atoms with Crippen LogP contribution in [-0.4, -0.2) is 34.4 Å². The topological polar surface area (TPSA) is 69.5 Å². The third-order valence-electron chi connectivity index (χ3n) is 3.60. The van der Waals surface area contributed by atoms with E-state index in [9.17, 15) is 0 Å². The van der Waals surface area contributed by atoms with E-state index < -0.39 is 0 Å². The second-order valence-electron chi connectivity index (χ2n) is 5.13. The molecule has 3 aromatic rings. The van der Waals surface area contributed by atoms with Crippen LogP contribution in [0.15, 0.2) is 48.0 Å². The van der Waals surface area contributed by atoms with Gasteiger partial charge in [-0.3, -0.25) is 4.98 Å². The van der Waals surface area contributed by atoms with Crippen LogP contribution in [0, 0.1) is 0 Å². The third-order valence-corrected chi connectivity index (χ3v) is 4.67. The zero-order valence-corrected chi connectivity index (χ0v) is 13.8. The minimum absolute atomic E-state index is 0.585. The summed E-state index contributed by atoms with van der Waals surface area (Å²) in [6.45, 7) is 0.585. The molecule has 0 aromatic carbocycles. The Kier molecular flexibility index (Phi) is 3.92. The van der Waals surface area contributed by atoms with Crippen molar-refractivity contribution in [2.45, 2.75) is 6.42 Å². The molecule has 4 rings (SSSR count). The molecular weight excluding hydrogens is 324 g/mol. The fourth-order valence-corrected chi connectivity index (χ4v) is 3.37. The molecule has 0 saturated carbocycles. The molecule has 0 saturated heterocycles. The molecule has 0 bridgehead atoms. The smallest absolute Gasteiger partial charge is 0.147 e. The van der Waals surface area contributed by atoms with Gasteiger partial charge in [0, 0.05) is 30.6 Å². The minimum Gasteiger partial charge on any atom is -0.491 e. The maximum atomic E-state index is 5.65. The Hall–Kier alpha value is -2.80. The first-order chi connectivity index (χ1) is 11.8. The Bertz CT molecular complexity index is 893. The molecule has 6 nitrogen and oxygen atoms in total. The minimum atomic E-state index is 0.585. The van der Waals surface area contributed by atoms with Gasteiger partial charge in [0.1, 0.15) is 29.3 Å². The molecule has 0 unspecified atom stereocenters. The molecule has 4 heterocycles. The summed E-state index contributed by atoms with van der Waals surface area (Å²) in [6.07, 6.45) is 6.07. The number of ether oxygens (including phenoxy) is 1. The highest BCUT2D eigenvalue weighted by Gasteiger charge is 2.20. The summed E-state index contributed by atoms with van der Waals surface area (Å²) in [7, 11) is 1.54. The van der Waals surface area contributed by atoms with Crippen LogP contribution in [0.2, 0.25) is 0 Å². The number of oxime groups is 1. The van der Waals surface area contributed by atoms with E-state index >= 15 is 0 Å². The van der Waals surface area contributed by atoms with E-state index in [1.807, 2.05) is 30.5 Å². The second-order valence-corrected chi connectivity index (χ2v) is 6.16. The lowest BCUT2D eigenvalue weighted by atomic mass is 10.1. The first-order valence-corrected chi connectivity index (χ1v) is 8.27. The van der Waals surface area contributed by atoms with Gasteiger partial charge in [-0.15, -0.1) is 11.3 Å². The van der Waals surface area contributed by atoms with Crippen LogP contribution in [0.3, 0.4) is 0 Å². The maximum absolute atomic E-state index is 5.65. The highest BCUT2D eigenvalue weighted by atomic mass is 32.1. The van der Waals surface area contributed by atoms with Crippen LogP contribution < -0.4 is 4.74 Å². The van der Waals surface area contributed by atoms with Gasteiger partial charge >= 0.3 is 0 Å². The number of rotatable bonds is 3. The molecule has 0 radical (unpaired) electrons. The van der Waals surface area contributed by atoms with Gasteiger partial charge in [0.25, 0.3) is 0 Å². The van der Waals surface area contributed by atoms with Crippen LogP contribution in [0.5, 0.6) is 5.75 Å². The summed E-state index contributed by atoms with van der Waals surface area (Å²) < 4.78 is 5.65. The average Bonchev–Trinajstić information content (AvgIpc) is 3.13. The number of aromatic nitrogens is 3. The summed E-state index contributed by atoms with van der Waals surface area (Å²) in [5, 5.41) is 4.98. The molecule has 1 aliphatic heterocycles. The number of hydrogen-bond acceptors (Lipinski definition) is 7. The fourth-order valence-electron chi connectivity index (χ4n) is 2.50. The first kappa shape index (κ1) is 14.8. The Morgan fingerprint density at radius 3 is 3.04 bits per heavy atom. The number of thiazole rings is 1. The van der Waals surface area contributed by atoms with Crippen molar-refractivity contribution in [3.8, 4) is 26.9 Å². The van der Waals surface area contributed by atoms with Crippen molar-refractivity contribution in [2.24, 2.45) is 5.16 Å². The number of hydrogen-bond donors (Lipinski definition) is 0. The first-order valence-electron chi connectivity index (χ1n) is 7.46.